The third kappa shape index (κ3) is 8.17. The molecular weight excluding hydrogens is 607 g/mol. The lowest BCUT2D eigenvalue weighted by molar-refractivity contribution is -0.143. The minimum Gasteiger partial charge on any atom is -0.483 e. The first-order valence-electron chi connectivity index (χ1n) is 15.1. The molecule has 5 amide bonds. The standard InChI is InChI=1S/C30H37FN6O9/c1-3-32-28(42)23-6-5-9-37(23)25(38)17-46-24-15-21(33-20-14-18(31)7-8-19(20)24)27(41)34-22(16-26(39)40)29(43)35-10-12-36(13-11-35)30(44)45-4-2/h7-8,14-15,22-23H,3-6,9-13,16-17H2,1-2H3,(H,32,42)(H,34,41)(H,39,40). The van der Waals surface area contributed by atoms with Crippen LogP contribution in [0.4, 0.5) is 9.18 Å². The van der Waals surface area contributed by atoms with Crippen LogP contribution in [-0.4, -0.2) is 125 Å². The van der Waals surface area contributed by atoms with Crippen molar-refractivity contribution < 1.29 is 47.7 Å². The molecule has 0 saturated carbocycles. The summed E-state index contributed by atoms with van der Waals surface area (Å²) in [5.41, 5.74) is -0.287. The Morgan fingerprint density at radius 2 is 1.76 bits per heavy atom. The van der Waals surface area contributed by atoms with Crippen molar-refractivity contribution in [2.45, 2.75) is 45.2 Å². The molecule has 0 aliphatic carbocycles. The molecule has 3 N–H and O–H groups in total. The molecule has 2 aromatic rings. The number of hydrogen-bond donors (Lipinski definition) is 3. The second-order valence-electron chi connectivity index (χ2n) is 10.7. The summed E-state index contributed by atoms with van der Waals surface area (Å²) < 4.78 is 24.9. The maximum absolute atomic E-state index is 14.2. The van der Waals surface area contributed by atoms with Crippen LogP contribution in [0.5, 0.6) is 5.75 Å². The number of ether oxygens (including phenoxy) is 2. The van der Waals surface area contributed by atoms with Crippen LogP contribution in [0.25, 0.3) is 10.9 Å². The Hall–Kier alpha value is -5.02. The summed E-state index contributed by atoms with van der Waals surface area (Å²) in [5, 5.41) is 14.9. The fourth-order valence-corrected chi connectivity index (χ4v) is 5.41. The molecule has 15 nitrogen and oxygen atoms in total. The number of carbonyl (C=O) groups excluding carboxylic acids is 5. The summed E-state index contributed by atoms with van der Waals surface area (Å²) in [6, 6.07) is 2.71. The van der Waals surface area contributed by atoms with E-state index in [1.54, 1.807) is 13.8 Å². The van der Waals surface area contributed by atoms with Crippen molar-refractivity contribution in [2.24, 2.45) is 0 Å². The van der Waals surface area contributed by atoms with Crippen LogP contribution in [0, 0.1) is 5.82 Å². The van der Waals surface area contributed by atoms with Crippen LogP contribution >= 0.6 is 0 Å². The number of likely N-dealkylation sites (tertiary alicyclic amines) is 1. The van der Waals surface area contributed by atoms with E-state index in [1.165, 1.54) is 26.8 Å². The number of nitrogens with one attached hydrogen (secondary N) is 2. The van der Waals surface area contributed by atoms with E-state index in [0.717, 1.165) is 12.1 Å². The number of pyridine rings is 1. The highest BCUT2D eigenvalue weighted by molar-refractivity contribution is 6.00. The predicted octanol–water partition coefficient (Wildman–Crippen LogP) is 0.754. The zero-order valence-electron chi connectivity index (χ0n) is 25.6. The Kier molecular flexibility index (Phi) is 11.3. The number of likely N-dealkylation sites (N-methyl/N-ethyl adjacent to an activating group) is 1. The molecule has 2 saturated heterocycles. The quantitative estimate of drug-likeness (QED) is 0.315. The monoisotopic (exact) mass is 644 g/mol. The fourth-order valence-electron chi connectivity index (χ4n) is 5.41. The average molecular weight is 645 g/mol. The van der Waals surface area contributed by atoms with Crippen LogP contribution in [0.15, 0.2) is 24.3 Å². The molecule has 0 bridgehead atoms. The second-order valence-corrected chi connectivity index (χ2v) is 10.7. The molecule has 0 radical (unpaired) electrons. The Morgan fingerprint density at radius 3 is 2.43 bits per heavy atom. The fraction of sp³-hybridized carbons (Fsp3) is 0.500. The zero-order chi connectivity index (χ0) is 33.4. The number of aromatic nitrogens is 1. The molecule has 0 spiro atoms. The van der Waals surface area contributed by atoms with Gasteiger partial charge in [0.05, 0.1) is 18.5 Å². The van der Waals surface area contributed by atoms with Crippen molar-refractivity contribution in [2.75, 3.05) is 52.5 Å². The van der Waals surface area contributed by atoms with Gasteiger partial charge in [-0.25, -0.2) is 14.2 Å². The second kappa shape index (κ2) is 15.3. The molecule has 2 aliphatic rings. The van der Waals surface area contributed by atoms with E-state index in [9.17, 15) is 38.3 Å². The van der Waals surface area contributed by atoms with Gasteiger partial charge in [-0.2, -0.15) is 0 Å². The Morgan fingerprint density at radius 1 is 1.04 bits per heavy atom. The van der Waals surface area contributed by atoms with E-state index in [-0.39, 0.29) is 55.7 Å². The highest BCUT2D eigenvalue weighted by atomic mass is 19.1. The van der Waals surface area contributed by atoms with Gasteiger partial charge in [-0.3, -0.25) is 24.0 Å². The Labute approximate surface area is 264 Å². The molecule has 2 atom stereocenters. The summed E-state index contributed by atoms with van der Waals surface area (Å²) in [6.07, 6.45) is -0.0972. The summed E-state index contributed by atoms with van der Waals surface area (Å²) in [4.78, 5) is 84.1. The van der Waals surface area contributed by atoms with E-state index < -0.39 is 60.7 Å². The molecule has 4 rings (SSSR count). The van der Waals surface area contributed by atoms with E-state index in [1.807, 2.05) is 0 Å². The number of carboxylic acids is 1. The van der Waals surface area contributed by atoms with Gasteiger partial charge in [0, 0.05) is 56.8 Å². The van der Waals surface area contributed by atoms with Gasteiger partial charge in [-0.05, 0) is 38.8 Å². The Bertz CT molecular complexity index is 1500. The van der Waals surface area contributed by atoms with Gasteiger partial charge in [0.25, 0.3) is 11.8 Å². The molecule has 248 valence electrons. The largest absolute Gasteiger partial charge is 0.483 e. The normalized spacial score (nSPS) is 16.9. The number of carboxylic acid groups (broad SMARTS) is 1. The van der Waals surface area contributed by atoms with Crippen LogP contribution in [0.1, 0.15) is 43.6 Å². The Balaban J connectivity index is 1.51. The molecular formula is C30H37FN6O9. The van der Waals surface area contributed by atoms with E-state index in [2.05, 4.69) is 15.6 Å². The van der Waals surface area contributed by atoms with Crippen LogP contribution in [-0.2, 0) is 23.9 Å². The van der Waals surface area contributed by atoms with E-state index >= 15 is 0 Å². The zero-order valence-corrected chi connectivity index (χ0v) is 25.6. The smallest absolute Gasteiger partial charge is 0.409 e. The predicted molar refractivity (Wildman–Crippen MR) is 159 cm³/mol. The average Bonchev–Trinajstić information content (AvgIpc) is 3.53. The van der Waals surface area contributed by atoms with Gasteiger partial charge in [-0.15, -0.1) is 0 Å². The number of fused-ring (bicyclic) bond motifs is 1. The van der Waals surface area contributed by atoms with E-state index in [4.69, 9.17) is 9.47 Å². The first kappa shape index (κ1) is 33.9. The maximum atomic E-state index is 14.2. The minimum atomic E-state index is -1.48. The minimum absolute atomic E-state index is 0.0210. The molecule has 1 aromatic carbocycles. The van der Waals surface area contributed by atoms with Crippen molar-refractivity contribution >= 4 is 46.6 Å². The van der Waals surface area contributed by atoms with Crippen molar-refractivity contribution in [3.05, 3.63) is 35.8 Å². The van der Waals surface area contributed by atoms with Crippen molar-refractivity contribution in [1.29, 1.82) is 0 Å². The molecule has 2 aliphatic heterocycles. The topological polar surface area (TPSA) is 188 Å². The first-order chi connectivity index (χ1) is 22.0. The number of amides is 5. The number of halogens is 1. The number of hydrogen-bond acceptors (Lipinski definition) is 9. The first-order valence-corrected chi connectivity index (χ1v) is 15.1. The number of piperazine rings is 1. The number of aliphatic carboxylic acids is 1. The lowest BCUT2D eigenvalue weighted by Gasteiger charge is -2.35. The van der Waals surface area contributed by atoms with Gasteiger partial charge < -0.3 is 39.9 Å². The van der Waals surface area contributed by atoms with Gasteiger partial charge in [0.1, 0.15) is 29.3 Å². The highest BCUT2D eigenvalue weighted by Gasteiger charge is 2.35. The molecule has 1 aromatic heterocycles. The number of nitrogens with zero attached hydrogens (tertiary/aromatic N) is 4. The molecule has 2 unspecified atom stereocenters. The molecule has 16 heteroatoms. The molecule has 3 heterocycles. The summed E-state index contributed by atoms with van der Waals surface area (Å²) in [7, 11) is 0. The molecule has 46 heavy (non-hydrogen) atoms. The van der Waals surface area contributed by atoms with Crippen LogP contribution in [0.3, 0.4) is 0 Å². The van der Waals surface area contributed by atoms with Crippen molar-refractivity contribution in [3.63, 3.8) is 0 Å². The van der Waals surface area contributed by atoms with Gasteiger partial charge >= 0.3 is 12.1 Å². The summed E-state index contributed by atoms with van der Waals surface area (Å²) in [5.74, 6) is -4.28. The summed E-state index contributed by atoms with van der Waals surface area (Å²) >= 11 is 0. The number of carbonyl (C=O) groups is 6. The van der Waals surface area contributed by atoms with Crippen molar-refractivity contribution in [1.82, 2.24) is 30.3 Å². The third-order valence-corrected chi connectivity index (χ3v) is 7.64. The lowest BCUT2D eigenvalue weighted by Crippen LogP contribution is -2.56. The number of rotatable bonds is 11. The third-order valence-electron chi connectivity index (χ3n) is 7.64. The SMILES string of the molecule is CCNC(=O)C1CCCN1C(=O)COc1cc(C(=O)NC(CC(=O)O)C(=O)N2CCN(C(=O)OCC)CC2)nc2cc(F)ccc12. The van der Waals surface area contributed by atoms with Gasteiger partial charge in [-0.1, -0.05) is 0 Å². The van der Waals surface area contributed by atoms with Gasteiger partial charge in [0.2, 0.25) is 11.8 Å². The van der Waals surface area contributed by atoms with Crippen molar-refractivity contribution in [3.8, 4) is 5.75 Å². The maximum Gasteiger partial charge on any atom is 0.409 e. The van der Waals surface area contributed by atoms with E-state index in [0.29, 0.717) is 31.3 Å². The van der Waals surface area contributed by atoms with Crippen LogP contribution < -0.4 is 15.4 Å². The molecule has 2 fully saturated rings. The van der Waals surface area contributed by atoms with Gasteiger partial charge in [0.15, 0.2) is 6.61 Å². The lowest BCUT2D eigenvalue weighted by atomic mass is 10.1. The summed E-state index contributed by atoms with van der Waals surface area (Å²) in [6.45, 7) is 4.48. The number of benzene rings is 1. The highest BCUT2D eigenvalue weighted by Crippen LogP contribution is 2.27. The van der Waals surface area contributed by atoms with Crippen LogP contribution in [0.2, 0.25) is 0 Å².